The number of benzene rings is 1. The van der Waals surface area contributed by atoms with Crippen LogP contribution in [0.25, 0.3) is 0 Å². The maximum absolute atomic E-state index is 14.2. The van der Waals surface area contributed by atoms with Crippen LogP contribution in [0.2, 0.25) is 0 Å². The van der Waals surface area contributed by atoms with E-state index >= 15 is 0 Å². The van der Waals surface area contributed by atoms with E-state index in [0.29, 0.717) is 29.9 Å². The van der Waals surface area contributed by atoms with Crippen LogP contribution in [0.15, 0.2) is 23.0 Å². The van der Waals surface area contributed by atoms with Crippen molar-refractivity contribution in [2.45, 2.75) is 39.5 Å². The first-order chi connectivity index (χ1) is 12.4. The summed E-state index contributed by atoms with van der Waals surface area (Å²) < 4.78 is 14.2. The molecule has 5 nitrogen and oxygen atoms in total. The van der Waals surface area contributed by atoms with E-state index < -0.39 is 5.56 Å². The monoisotopic (exact) mass is 353 g/mol. The molecule has 2 heterocycles. The number of hydrogen-bond donors (Lipinski definition) is 1. The number of carbonyl (C=O) groups is 1. The summed E-state index contributed by atoms with van der Waals surface area (Å²) in [7, 11) is 0. The topological polar surface area (TPSA) is 77.0 Å². The summed E-state index contributed by atoms with van der Waals surface area (Å²) in [5, 5.41) is 9.15. The number of amides is 1. The Bertz CT molecular complexity index is 972. The van der Waals surface area contributed by atoms with Crippen LogP contribution >= 0.6 is 0 Å². The average Bonchev–Trinajstić information content (AvgIpc) is 2.61. The molecule has 0 bridgehead atoms. The zero-order valence-electron chi connectivity index (χ0n) is 14.9. The SMILES string of the molecule is Cc1[nH]c(=O)c(C#N)c(C)c1CCC(=O)N1CCCc2cccc(F)c21. The lowest BCUT2D eigenvalue weighted by Crippen LogP contribution is -2.36. The van der Waals surface area contributed by atoms with Gasteiger partial charge in [0.1, 0.15) is 17.4 Å². The van der Waals surface area contributed by atoms with Crippen molar-refractivity contribution in [1.82, 2.24) is 4.98 Å². The van der Waals surface area contributed by atoms with Crippen molar-refractivity contribution in [2.75, 3.05) is 11.4 Å². The highest BCUT2D eigenvalue weighted by Gasteiger charge is 2.25. The molecule has 0 spiro atoms. The first-order valence-electron chi connectivity index (χ1n) is 8.64. The van der Waals surface area contributed by atoms with Crippen molar-refractivity contribution in [2.24, 2.45) is 0 Å². The van der Waals surface area contributed by atoms with Crippen LogP contribution in [0.3, 0.4) is 0 Å². The van der Waals surface area contributed by atoms with Crippen LogP contribution in [-0.4, -0.2) is 17.4 Å². The predicted molar refractivity (Wildman–Crippen MR) is 96.6 cm³/mol. The highest BCUT2D eigenvalue weighted by molar-refractivity contribution is 5.94. The van der Waals surface area contributed by atoms with Gasteiger partial charge in [-0.25, -0.2) is 4.39 Å². The van der Waals surface area contributed by atoms with E-state index in [2.05, 4.69) is 4.98 Å². The lowest BCUT2D eigenvalue weighted by molar-refractivity contribution is -0.118. The first kappa shape index (κ1) is 17.9. The van der Waals surface area contributed by atoms with Gasteiger partial charge in [-0.15, -0.1) is 0 Å². The molecule has 0 radical (unpaired) electrons. The lowest BCUT2D eigenvalue weighted by atomic mass is 9.97. The molecule has 0 fully saturated rings. The van der Waals surface area contributed by atoms with E-state index in [1.54, 1.807) is 19.9 Å². The second-order valence-corrected chi connectivity index (χ2v) is 6.57. The van der Waals surface area contributed by atoms with Crippen molar-refractivity contribution in [3.8, 4) is 6.07 Å². The Kier molecular flexibility index (Phi) is 4.90. The second-order valence-electron chi connectivity index (χ2n) is 6.57. The van der Waals surface area contributed by atoms with Gasteiger partial charge in [0.25, 0.3) is 5.56 Å². The van der Waals surface area contributed by atoms with Gasteiger partial charge >= 0.3 is 0 Å². The number of H-pyrrole nitrogens is 1. The third kappa shape index (κ3) is 3.13. The molecule has 6 heteroatoms. The molecule has 1 aromatic heterocycles. The van der Waals surface area contributed by atoms with Gasteiger partial charge in [0, 0.05) is 18.7 Å². The van der Waals surface area contributed by atoms with Crippen LogP contribution in [0.5, 0.6) is 0 Å². The smallest absolute Gasteiger partial charge is 0.266 e. The minimum absolute atomic E-state index is 0.0763. The van der Waals surface area contributed by atoms with E-state index in [4.69, 9.17) is 5.26 Å². The molecule has 1 N–H and O–H groups in total. The van der Waals surface area contributed by atoms with Gasteiger partial charge in [0.05, 0.1) is 5.69 Å². The highest BCUT2D eigenvalue weighted by atomic mass is 19.1. The van der Waals surface area contributed by atoms with Crippen molar-refractivity contribution >= 4 is 11.6 Å². The summed E-state index contributed by atoms with van der Waals surface area (Å²) >= 11 is 0. The van der Waals surface area contributed by atoms with Gasteiger partial charge in [-0.3, -0.25) is 9.59 Å². The number of aromatic nitrogens is 1. The molecule has 0 atom stereocenters. The van der Waals surface area contributed by atoms with Crippen molar-refractivity contribution < 1.29 is 9.18 Å². The fourth-order valence-corrected chi connectivity index (χ4v) is 3.64. The van der Waals surface area contributed by atoms with Crippen molar-refractivity contribution in [3.63, 3.8) is 0 Å². The van der Waals surface area contributed by atoms with E-state index in [9.17, 15) is 14.0 Å². The van der Waals surface area contributed by atoms with E-state index in [1.165, 1.54) is 11.0 Å². The quantitative estimate of drug-likeness (QED) is 0.922. The van der Waals surface area contributed by atoms with E-state index in [0.717, 1.165) is 24.0 Å². The number of anilines is 1. The minimum atomic E-state index is -0.412. The number of carbonyl (C=O) groups excluding carboxylic acids is 1. The Labute approximate surface area is 151 Å². The Morgan fingerprint density at radius 2 is 2.15 bits per heavy atom. The molecule has 1 aliphatic rings. The van der Waals surface area contributed by atoms with Gasteiger partial charge in [-0.05, 0) is 55.9 Å². The summed E-state index contributed by atoms with van der Waals surface area (Å²) in [4.78, 5) is 28.7. The summed E-state index contributed by atoms with van der Waals surface area (Å²) in [5.74, 6) is -0.529. The number of hydrogen-bond acceptors (Lipinski definition) is 3. The molecule has 3 rings (SSSR count). The maximum Gasteiger partial charge on any atom is 0.266 e. The van der Waals surface area contributed by atoms with Gasteiger partial charge in [0.2, 0.25) is 5.91 Å². The number of nitriles is 1. The summed E-state index contributed by atoms with van der Waals surface area (Å²) in [5.41, 5.74) is 2.96. The maximum atomic E-state index is 14.2. The predicted octanol–water partition coefficient (Wildman–Crippen LogP) is 2.91. The number of para-hydroxylation sites is 1. The third-order valence-corrected chi connectivity index (χ3v) is 4.98. The van der Waals surface area contributed by atoms with Crippen LogP contribution in [0, 0.1) is 31.0 Å². The molecule has 0 saturated heterocycles. The number of rotatable bonds is 3. The first-order valence-corrected chi connectivity index (χ1v) is 8.64. The number of halogens is 1. The van der Waals surface area contributed by atoms with Gasteiger partial charge in [-0.2, -0.15) is 5.26 Å². The zero-order chi connectivity index (χ0) is 18.8. The fraction of sp³-hybridized carbons (Fsp3) is 0.350. The van der Waals surface area contributed by atoms with E-state index in [1.807, 2.05) is 12.1 Å². The molecule has 0 aliphatic carbocycles. The summed E-state index contributed by atoms with van der Waals surface area (Å²) in [6.07, 6.45) is 2.15. The molecular weight excluding hydrogens is 333 g/mol. The minimum Gasteiger partial charge on any atom is -0.325 e. The molecule has 2 aromatic rings. The number of pyridine rings is 1. The molecule has 0 saturated carbocycles. The van der Waals surface area contributed by atoms with Crippen LogP contribution in [0.1, 0.15) is 40.8 Å². The second kappa shape index (κ2) is 7.12. The van der Waals surface area contributed by atoms with Crippen LogP contribution < -0.4 is 10.5 Å². The Morgan fingerprint density at radius 3 is 2.88 bits per heavy atom. The fourth-order valence-electron chi connectivity index (χ4n) is 3.64. The summed E-state index contributed by atoms with van der Waals surface area (Å²) in [6.45, 7) is 3.97. The Hall–Kier alpha value is -2.94. The molecule has 134 valence electrons. The van der Waals surface area contributed by atoms with Gasteiger partial charge in [0.15, 0.2) is 0 Å². The Balaban J connectivity index is 1.84. The number of aryl methyl sites for hydroxylation is 2. The molecule has 1 amide bonds. The number of nitrogens with zero attached hydrogens (tertiary/aromatic N) is 2. The zero-order valence-corrected chi connectivity index (χ0v) is 14.9. The van der Waals surface area contributed by atoms with Crippen LogP contribution in [-0.2, 0) is 17.6 Å². The lowest BCUT2D eigenvalue weighted by Gasteiger charge is -2.30. The summed E-state index contributed by atoms with van der Waals surface area (Å²) in [6, 6.07) is 6.81. The van der Waals surface area contributed by atoms with Crippen molar-refractivity contribution in [3.05, 3.63) is 62.3 Å². The number of fused-ring (bicyclic) bond motifs is 1. The van der Waals surface area contributed by atoms with Crippen LogP contribution in [0.4, 0.5) is 10.1 Å². The average molecular weight is 353 g/mol. The van der Waals surface area contributed by atoms with Gasteiger partial charge < -0.3 is 9.88 Å². The van der Waals surface area contributed by atoms with Gasteiger partial charge in [-0.1, -0.05) is 12.1 Å². The van der Waals surface area contributed by atoms with Crippen molar-refractivity contribution in [1.29, 1.82) is 5.26 Å². The molecular formula is C20H20FN3O2. The normalized spacial score (nSPS) is 13.2. The number of aromatic amines is 1. The van der Waals surface area contributed by atoms with E-state index in [-0.39, 0.29) is 23.7 Å². The Morgan fingerprint density at radius 1 is 1.38 bits per heavy atom. The molecule has 0 unspecified atom stereocenters. The standard InChI is InChI=1S/C20H20FN3O2/c1-12-15(13(2)23-20(26)16(12)11-22)8-9-18(25)24-10-4-6-14-5-3-7-17(21)19(14)24/h3,5,7H,4,6,8-10H2,1-2H3,(H,23,26). The largest absolute Gasteiger partial charge is 0.325 e. The molecule has 1 aromatic carbocycles. The molecule has 26 heavy (non-hydrogen) atoms. The highest BCUT2D eigenvalue weighted by Crippen LogP contribution is 2.30. The molecule has 1 aliphatic heterocycles. The number of nitrogens with one attached hydrogen (secondary N) is 1. The third-order valence-electron chi connectivity index (χ3n) is 4.98.